The summed E-state index contributed by atoms with van der Waals surface area (Å²) in [5.74, 6) is -1.12. The van der Waals surface area contributed by atoms with E-state index in [-0.39, 0.29) is 18.9 Å². The van der Waals surface area contributed by atoms with Crippen molar-refractivity contribution >= 4 is 18.0 Å². The number of carbonyl (C=O) groups is 3. The molecule has 0 radical (unpaired) electrons. The van der Waals surface area contributed by atoms with Gasteiger partial charge in [-0.3, -0.25) is 9.59 Å². The zero-order valence-electron chi connectivity index (χ0n) is 12.3. The van der Waals surface area contributed by atoms with Crippen LogP contribution in [0.15, 0.2) is 0 Å². The molecule has 0 aromatic rings. The number of carboxylic acid groups (broad SMARTS) is 1. The largest absolute Gasteiger partial charge is 0.481 e. The molecule has 3 N–H and O–H groups in total. The highest BCUT2D eigenvalue weighted by atomic mass is 16.6. The molecule has 0 heterocycles. The molecule has 0 atom stereocenters. The van der Waals surface area contributed by atoms with Crippen molar-refractivity contribution in [1.82, 2.24) is 10.6 Å². The van der Waals surface area contributed by atoms with Gasteiger partial charge in [0.25, 0.3) is 0 Å². The van der Waals surface area contributed by atoms with Gasteiger partial charge in [-0.05, 0) is 33.6 Å². The third kappa shape index (κ3) is 12.7. The summed E-state index contributed by atoms with van der Waals surface area (Å²) >= 11 is 0. The first-order valence-corrected chi connectivity index (χ1v) is 6.66. The van der Waals surface area contributed by atoms with Gasteiger partial charge in [0.15, 0.2) is 0 Å². The smallest absolute Gasteiger partial charge is 0.407 e. The minimum Gasteiger partial charge on any atom is -0.481 e. The second-order valence-corrected chi connectivity index (χ2v) is 5.38. The van der Waals surface area contributed by atoms with E-state index in [0.29, 0.717) is 25.8 Å². The first-order valence-electron chi connectivity index (χ1n) is 6.66. The summed E-state index contributed by atoms with van der Waals surface area (Å²) in [6.07, 6.45) is 1.05. The van der Waals surface area contributed by atoms with Crippen LogP contribution < -0.4 is 10.6 Å². The zero-order valence-corrected chi connectivity index (χ0v) is 12.3. The van der Waals surface area contributed by atoms with E-state index in [0.717, 1.165) is 0 Å². The molecule has 0 bridgehead atoms. The molecule has 20 heavy (non-hydrogen) atoms. The van der Waals surface area contributed by atoms with Gasteiger partial charge in [0.2, 0.25) is 5.91 Å². The molecular weight excluding hydrogens is 264 g/mol. The molecule has 2 amide bonds. The van der Waals surface area contributed by atoms with Crippen molar-refractivity contribution in [2.45, 2.75) is 52.1 Å². The summed E-state index contributed by atoms with van der Waals surface area (Å²) in [5.41, 5.74) is -0.520. The van der Waals surface area contributed by atoms with E-state index in [2.05, 4.69) is 10.6 Å². The standard InChI is InChI=1S/C13H24N2O5/c1-13(2,3)20-12(19)15-8-5-4-6-10(16)14-9-7-11(17)18/h4-9H2,1-3H3,(H,14,16)(H,15,19)(H,17,18). The van der Waals surface area contributed by atoms with Crippen LogP contribution in [0, 0.1) is 0 Å². The van der Waals surface area contributed by atoms with E-state index in [1.165, 1.54) is 0 Å². The Morgan fingerprint density at radius 1 is 1.00 bits per heavy atom. The molecule has 0 saturated heterocycles. The molecule has 0 aliphatic heterocycles. The minimum atomic E-state index is -0.938. The van der Waals surface area contributed by atoms with Gasteiger partial charge in [0, 0.05) is 19.5 Å². The highest BCUT2D eigenvalue weighted by molar-refractivity contribution is 5.76. The fourth-order valence-corrected chi connectivity index (χ4v) is 1.31. The molecular formula is C13H24N2O5. The predicted octanol–water partition coefficient (Wildman–Crippen LogP) is 1.27. The van der Waals surface area contributed by atoms with Crippen molar-refractivity contribution in [3.63, 3.8) is 0 Å². The number of rotatable bonds is 8. The van der Waals surface area contributed by atoms with Crippen LogP contribution in [0.25, 0.3) is 0 Å². The molecule has 0 fully saturated rings. The molecule has 7 nitrogen and oxygen atoms in total. The maximum Gasteiger partial charge on any atom is 0.407 e. The van der Waals surface area contributed by atoms with Crippen LogP contribution in [0.5, 0.6) is 0 Å². The number of hydrogen-bond acceptors (Lipinski definition) is 4. The summed E-state index contributed by atoms with van der Waals surface area (Å²) < 4.78 is 5.06. The zero-order chi connectivity index (χ0) is 15.6. The number of alkyl carbamates (subject to hydrolysis) is 1. The fourth-order valence-electron chi connectivity index (χ4n) is 1.31. The van der Waals surface area contributed by atoms with E-state index < -0.39 is 17.7 Å². The molecule has 0 aromatic carbocycles. The molecule has 0 unspecified atom stereocenters. The number of hydrogen-bond donors (Lipinski definition) is 3. The SMILES string of the molecule is CC(C)(C)OC(=O)NCCCCC(=O)NCCC(=O)O. The Bertz CT molecular complexity index is 336. The second kappa shape index (κ2) is 9.17. The topological polar surface area (TPSA) is 105 Å². The van der Waals surface area contributed by atoms with Crippen LogP contribution >= 0.6 is 0 Å². The number of ether oxygens (including phenoxy) is 1. The van der Waals surface area contributed by atoms with Crippen LogP contribution in [0.2, 0.25) is 0 Å². The number of aliphatic carboxylic acids is 1. The Morgan fingerprint density at radius 3 is 2.20 bits per heavy atom. The van der Waals surface area contributed by atoms with Crippen molar-refractivity contribution < 1.29 is 24.2 Å². The Balaban J connectivity index is 3.50. The van der Waals surface area contributed by atoms with E-state index in [4.69, 9.17) is 9.84 Å². The quantitative estimate of drug-likeness (QED) is 0.583. The fraction of sp³-hybridized carbons (Fsp3) is 0.769. The molecule has 0 aliphatic rings. The maximum absolute atomic E-state index is 11.3. The summed E-state index contributed by atoms with van der Waals surface area (Å²) in [7, 11) is 0. The molecule has 0 aliphatic carbocycles. The minimum absolute atomic E-state index is 0.0774. The number of carboxylic acids is 1. The Hall–Kier alpha value is -1.79. The molecule has 0 spiro atoms. The Morgan fingerprint density at radius 2 is 1.65 bits per heavy atom. The molecule has 0 rings (SSSR count). The lowest BCUT2D eigenvalue weighted by Crippen LogP contribution is -2.33. The first kappa shape index (κ1) is 18.2. The Kier molecular flexibility index (Phi) is 8.35. The van der Waals surface area contributed by atoms with Gasteiger partial charge in [-0.25, -0.2) is 4.79 Å². The number of unbranched alkanes of at least 4 members (excludes halogenated alkanes) is 1. The maximum atomic E-state index is 11.3. The van der Waals surface area contributed by atoms with Crippen LogP contribution in [-0.4, -0.2) is 41.8 Å². The average Bonchev–Trinajstić information content (AvgIpc) is 2.25. The Labute approximate surface area is 119 Å². The number of nitrogens with one attached hydrogen (secondary N) is 2. The van der Waals surface area contributed by atoms with E-state index in [1.54, 1.807) is 20.8 Å². The van der Waals surface area contributed by atoms with Gasteiger partial charge in [0.1, 0.15) is 5.60 Å². The van der Waals surface area contributed by atoms with Gasteiger partial charge in [0.05, 0.1) is 6.42 Å². The van der Waals surface area contributed by atoms with Gasteiger partial charge in [-0.2, -0.15) is 0 Å². The highest BCUT2D eigenvalue weighted by Gasteiger charge is 2.15. The molecule has 7 heteroatoms. The normalized spacial score (nSPS) is 10.8. The van der Waals surface area contributed by atoms with Crippen molar-refractivity contribution in [3.8, 4) is 0 Å². The summed E-state index contributed by atoms with van der Waals surface area (Å²) in [4.78, 5) is 32.8. The third-order valence-electron chi connectivity index (χ3n) is 2.16. The lowest BCUT2D eigenvalue weighted by molar-refractivity contribution is -0.136. The summed E-state index contributed by atoms with van der Waals surface area (Å²) in [6, 6.07) is 0. The van der Waals surface area contributed by atoms with Crippen molar-refractivity contribution in [3.05, 3.63) is 0 Å². The molecule has 0 aromatic heterocycles. The third-order valence-corrected chi connectivity index (χ3v) is 2.16. The lowest BCUT2D eigenvalue weighted by Gasteiger charge is -2.19. The van der Waals surface area contributed by atoms with Gasteiger partial charge in [-0.15, -0.1) is 0 Å². The number of amides is 2. The average molecular weight is 288 g/mol. The summed E-state index contributed by atoms with van der Waals surface area (Å²) in [5, 5.41) is 13.5. The van der Waals surface area contributed by atoms with Crippen LogP contribution in [0.4, 0.5) is 4.79 Å². The van der Waals surface area contributed by atoms with Crippen molar-refractivity contribution in [1.29, 1.82) is 0 Å². The monoisotopic (exact) mass is 288 g/mol. The first-order chi connectivity index (χ1) is 9.20. The van der Waals surface area contributed by atoms with Crippen LogP contribution in [-0.2, 0) is 14.3 Å². The molecule has 0 saturated carbocycles. The predicted molar refractivity (Wildman–Crippen MR) is 73.4 cm³/mol. The van der Waals surface area contributed by atoms with Gasteiger partial charge < -0.3 is 20.5 Å². The number of carbonyl (C=O) groups excluding carboxylic acids is 2. The van der Waals surface area contributed by atoms with Gasteiger partial charge >= 0.3 is 12.1 Å². The van der Waals surface area contributed by atoms with Crippen LogP contribution in [0.1, 0.15) is 46.5 Å². The lowest BCUT2D eigenvalue weighted by atomic mass is 10.2. The van der Waals surface area contributed by atoms with E-state index >= 15 is 0 Å². The molecule has 116 valence electrons. The van der Waals surface area contributed by atoms with E-state index in [9.17, 15) is 14.4 Å². The second-order valence-electron chi connectivity index (χ2n) is 5.38. The van der Waals surface area contributed by atoms with Gasteiger partial charge in [-0.1, -0.05) is 0 Å². The summed E-state index contributed by atoms with van der Waals surface area (Å²) in [6.45, 7) is 5.94. The van der Waals surface area contributed by atoms with Crippen molar-refractivity contribution in [2.24, 2.45) is 0 Å². The van der Waals surface area contributed by atoms with Crippen LogP contribution in [0.3, 0.4) is 0 Å². The van der Waals surface area contributed by atoms with Crippen molar-refractivity contribution in [2.75, 3.05) is 13.1 Å². The highest BCUT2D eigenvalue weighted by Crippen LogP contribution is 2.06. The van der Waals surface area contributed by atoms with E-state index in [1.807, 2.05) is 0 Å².